The summed E-state index contributed by atoms with van der Waals surface area (Å²) in [4.78, 5) is 92.3. The highest BCUT2D eigenvalue weighted by molar-refractivity contribution is 6.25. The maximum atomic E-state index is 12.9. The van der Waals surface area contributed by atoms with Crippen LogP contribution < -0.4 is 16.0 Å². The first kappa shape index (κ1) is 37.4. The minimum Gasteiger partial charge on any atom is -0.480 e. The molecule has 0 aliphatic rings. The van der Waals surface area contributed by atoms with Crippen LogP contribution >= 0.6 is 0 Å². The number of aliphatic carboxylic acids is 1. The molecular formula is C25H38N8O9. The molecule has 0 fully saturated rings. The molecule has 17 nitrogen and oxygen atoms in total. The Bertz CT molecular complexity index is 1120. The fourth-order valence-corrected chi connectivity index (χ4v) is 3.32. The topological polar surface area (TPSA) is 261 Å². The number of nitrogens with one attached hydrogen (secondary N) is 3. The first-order chi connectivity index (χ1) is 19.5. The van der Waals surface area contributed by atoms with Gasteiger partial charge < -0.3 is 41.8 Å². The van der Waals surface area contributed by atoms with Gasteiger partial charge in [-0.2, -0.15) is 9.58 Å². The Labute approximate surface area is 242 Å². The second-order valence-corrected chi connectivity index (χ2v) is 10.4. The standard InChI is InChI=1S/C25H38N8O9/c1-25(2,3)42-24(41)19(31-21(37)14-33(4)5)10-11-20(36)30-17(8-6-15(34)12-28-26)22(38)32-18(23(39)40)9-7-16(35)13-29-27/h12-13,17-19H,6-11,14H2,1-5H3,(H,30,36)(H,31,37)(H,32,38)(H,39,40)/t17-,18-,19-/m0/s1. The van der Waals surface area contributed by atoms with Gasteiger partial charge >= 0.3 is 24.4 Å². The molecule has 42 heavy (non-hydrogen) atoms. The van der Waals surface area contributed by atoms with Gasteiger partial charge in [0.1, 0.15) is 23.7 Å². The second kappa shape index (κ2) is 18.7. The summed E-state index contributed by atoms with van der Waals surface area (Å²) in [6.07, 6.45) is -0.858. The average molecular weight is 595 g/mol. The zero-order chi connectivity index (χ0) is 32.5. The van der Waals surface area contributed by atoms with E-state index in [4.69, 9.17) is 15.8 Å². The van der Waals surface area contributed by atoms with Crippen molar-refractivity contribution in [2.45, 2.75) is 83.0 Å². The van der Waals surface area contributed by atoms with Crippen molar-refractivity contribution in [2.75, 3.05) is 20.6 Å². The van der Waals surface area contributed by atoms with Crippen LogP contribution in [0.5, 0.6) is 0 Å². The molecule has 0 aromatic carbocycles. The predicted molar refractivity (Wildman–Crippen MR) is 145 cm³/mol. The molecule has 232 valence electrons. The third-order valence-electron chi connectivity index (χ3n) is 5.17. The molecule has 0 aromatic heterocycles. The van der Waals surface area contributed by atoms with Gasteiger partial charge in [-0.15, -0.1) is 0 Å². The molecule has 3 atom stereocenters. The molecule has 0 saturated heterocycles. The number of carbonyl (C=O) groups excluding carboxylic acids is 6. The SMILES string of the molecule is CN(C)CC(=O)N[C@@H](CCC(=O)N[C@@H](CCC(=O)C=[N+]=[N-])C(=O)N[C@@H](CCC(=O)C=[N+]=[N-])C(=O)O)C(=O)OC(C)(C)C. The van der Waals surface area contributed by atoms with E-state index < -0.39 is 65.0 Å². The van der Waals surface area contributed by atoms with E-state index in [1.807, 2.05) is 0 Å². The number of likely N-dealkylation sites (N-methyl/N-ethyl adjacent to an activating group) is 1. The van der Waals surface area contributed by atoms with Gasteiger partial charge in [0.2, 0.25) is 29.3 Å². The zero-order valence-electron chi connectivity index (χ0n) is 24.3. The number of carboxylic acids is 1. The van der Waals surface area contributed by atoms with Gasteiger partial charge in [0.25, 0.3) is 0 Å². The fourth-order valence-electron chi connectivity index (χ4n) is 3.32. The highest BCUT2D eigenvalue weighted by Gasteiger charge is 2.30. The summed E-state index contributed by atoms with van der Waals surface area (Å²) in [6, 6.07) is -4.20. The summed E-state index contributed by atoms with van der Waals surface area (Å²) in [5.41, 5.74) is 16.1. The van der Waals surface area contributed by atoms with Crippen LogP contribution in [0.15, 0.2) is 0 Å². The fraction of sp³-hybridized carbons (Fsp3) is 0.640. The molecular weight excluding hydrogens is 556 g/mol. The van der Waals surface area contributed by atoms with Crippen molar-refractivity contribution in [3.8, 4) is 0 Å². The Kier molecular flexibility index (Phi) is 16.7. The molecule has 0 saturated carbocycles. The van der Waals surface area contributed by atoms with Crippen LogP contribution in [0, 0.1) is 0 Å². The van der Waals surface area contributed by atoms with Crippen LogP contribution in [-0.4, -0.2) is 118 Å². The molecule has 4 N–H and O–H groups in total. The summed E-state index contributed by atoms with van der Waals surface area (Å²) in [5.74, 6) is -5.92. The lowest BCUT2D eigenvalue weighted by Crippen LogP contribution is -2.52. The van der Waals surface area contributed by atoms with Crippen molar-refractivity contribution in [3.63, 3.8) is 0 Å². The average Bonchev–Trinajstić information content (AvgIpc) is 2.85. The van der Waals surface area contributed by atoms with E-state index in [0.717, 1.165) is 0 Å². The maximum absolute atomic E-state index is 12.9. The van der Waals surface area contributed by atoms with E-state index in [1.54, 1.807) is 39.8 Å². The van der Waals surface area contributed by atoms with Gasteiger partial charge in [-0.25, -0.2) is 9.59 Å². The number of Topliss-reactive ketones (excluding diaryl/α,β-unsaturated/α-hetero) is 2. The molecule has 0 bridgehead atoms. The highest BCUT2D eigenvalue weighted by Crippen LogP contribution is 2.11. The first-order valence-corrected chi connectivity index (χ1v) is 12.9. The van der Waals surface area contributed by atoms with Crippen LogP contribution in [0.3, 0.4) is 0 Å². The minimum atomic E-state index is -1.56. The predicted octanol–water partition coefficient (Wildman–Crippen LogP) is -1.49. The third-order valence-corrected chi connectivity index (χ3v) is 5.17. The van der Waals surface area contributed by atoms with E-state index >= 15 is 0 Å². The maximum Gasteiger partial charge on any atom is 0.329 e. The molecule has 0 aromatic rings. The number of hydrogen-bond donors (Lipinski definition) is 4. The van der Waals surface area contributed by atoms with E-state index in [9.17, 15) is 38.7 Å². The summed E-state index contributed by atoms with van der Waals surface area (Å²) in [5, 5.41) is 16.5. The monoisotopic (exact) mass is 594 g/mol. The Morgan fingerprint density at radius 1 is 0.786 bits per heavy atom. The number of nitrogens with zero attached hydrogens (tertiary/aromatic N) is 5. The van der Waals surface area contributed by atoms with Crippen molar-refractivity contribution in [2.24, 2.45) is 0 Å². The quantitative estimate of drug-likeness (QED) is 0.0582. The smallest absolute Gasteiger partial charge is 0.329 e. The van der Waals surface area contributed by atoms with Gasteiger partial charge in [-0.3, -0.25) is 24.0 Å². The number of amides is 3. The van der Waals surface area contributed by atoms with Gasteiger partial charge in [-0.1, -0.05) is 0 Å². The summed E-state index contributed by atoms with van der Waals surface area (Å²) < 4.78 is 5.33. The molecule has 0 rings (SSSR count). The lowest BCUT2D eigenvalue weighted by atomic mass is 10.0. The van der Waals surface area contributed by atoms with Gasteiger partial charge in [0.05, 0.1) is 6.54 Å². The van der Waals surface area contributed by atoms with Crippen LogP contribution in [0.1, 0.15) is 59.3 Å². The lowest BCUT2D eigenvalue weighted by molar-refractivity contribution is -0.159. The van der Waals surface area contributed by atoms with Gasteiger partial charge in [0.15, 0.2) is 0 Å². The highest BCUT2D eigenvalue weighted by atomic mass is 16.6. The zero-order valence-corrected chi connectivity index (χ0v) is 24.3. The van der Waals surface area contributed by atoms with Gasteiger partial charge in [-0.05, 0) is 54.1 Å². The molecule has 0 aliphatic heterocycles. The minimum absolute atomic E-state index is 0.0396. The first-order valence-electron chi connectivity index (χ1n) is 12.9. The van der Waals surface area contributed by atoms with E-state index in [-0.39, 0.29) is 45.1 Å². The van der Waals surface area contributed by atoms with E-state index in [1.165, 1.54) is 0 Å². The number of carbonyl (C=O) groups is 7. The Hall–Kier alpha value is -4.59. The molecule has 0 heterocycles. The number of ether oxygens (including phenoxy) is 1. The normalized spacial score (nSPS) is 12.8. The third kappa shape index (κ3) is 17.2. The summed E-state index contributed by atoms with van der Waals surface area (Å²) >= 11 is 0. The summed E-state index contributed by atoms with van der Waals surface area (Å²) in [7, 11) is 3.29. The van der Waals surface area contributed by atoms with Crippen LogP contribution in [0.25, 0.3) is 11.1 Å². The number of carboxylic acid groups (broad SMARTS) is 1. The van der Waals surface area contributed by atoms with Gasteiger partial charge in [0, 0.05) is 19.3 Å². The van der Waals surface area contributed by atoms with E-state index in [2.05, 4.69) is 25.5 Å². The molecule has 0 aliphatic carbocycles. The number of rotatable bonds is 19. The molecule has 0 unspecified atom stereocenters. The van der Waals surface area contributed by atoms with Crippen LogP contribution in [0.2, 0.25) is 0 Å². The second-order valence-electron chi connectivity index (χ2n) is 10.4. The lowest BCUT2D eigenvalue weighted by Gasteiger charge is -2.25. The Morgan fingerprint density at radius 2 is 1.26 bits per heavy atom. The molecule has 3 amide bonds. The van der Waals surface area contributed by atoms with Crippen LogP contribution in [-0.2, 0) is 38.3 Å². The van der Waals surface area contributed by atoms with Crippen molar-refractivity contribution >= 4 is 53.7 Å². The van der Waals surface area contributed by atoms with Crippen molar-refractivity contribution < 1.29 is 53.0 Å². The van der Waals surface area contributed by atoms with Crippen LogP contribution in [0.4, 0.5) is 0 Å². The molecule has 0 spiro atoms. The largest absolute Gasteiger partial charge is 0.480 e. The van der Waals surface area contributed by atoms with Crippen molar-refractivity contribution in [3.05, 3.63) is 11.1 Å². The van der Waals surface area contributed by atoms with Crippen molar-refractivity contribution in [1.82, 2.24) is 20.9 Å². The molecule has 0 radical (unpaired) electrons. The number of hydrogen-bond acceptors (Lipinski definition) is 9. The Balaban J connectivity index is 5.67. The summed E-state index contributed by atoms with van der Waals surface area (Å²) in [6.45, 7) is 4.84. The number of ketones is 2. The Morgan fingerprint density at radius 3 is 1.71 bits per heavy atom. The van der Waals surface area contributed by atoms with Crippen molar-refractivity contribution in [1.29, 1.82) is 0 Å². The van der Waals surface area contributed by atoms with E-state index in [0.29, 0.717) is 12.4 Å². The molecule has 17 heteroatoms. The number of esters is 1.